The average Bonchev–Trinajstić information content (AvgIpc) is 0.712. The van der Waals surface area contributed by atoms with Crippen LogP contribution in [0.2, 0.25) is 26.2 Å². The number of nitrogens with zero attached hydrogens (tertiary/aromatic N) is 4. The molecule has 0 amide bonds. The van der Waals surface area contributed by atoms with Gasteiger partial charge in [-0.15, -0.1) is 0 Å². The summed E-state index contributed by atoms with van der Waals surface area (Å²) in [7, 11) is -4.27. The predicted octanol–water partition coefficient (Wildman–Crippen LogP) is 33.5. The van der Waals surface area contributed by atoms with E-state index >= 15 is 0 Å². The summed E-state index contributed by atoms with van der Waals surface area (Å²) >= 11 is 0. The molecule has 636 valence electrons. The molecule has 2 aliphatic rings. The van der Waals surface area contributed by atoms with Gasteiger partial charge >= 0.3 is 0 Å². The molecular formula is C128H96N4Si2. The minimum atomic E-state index is -2.14. The first-order chi connectivity index (χ1) is 66.0. The Bertz CT molecular complexity index is 8090. The van der Waals surface area contributed by atoms with Gasteiger partial charge in [-0.2, -0.15) is 0 Å². The van der Waals surface area contributed by atoms with Crippen LogP contribution in [0.15, 0.2) is 510 Å². The van der Waals surface area contributed by atoms with Crippen molar-refractivity contribution in [2.24, 2.45) is 0 Å². The molecule has 22 aromatic rings. The number of hydrogen-bond acceptors (Lipinski definition) is 4. The van der Waals surface area contributed by atoms with Gasteiger partial charge in [0.05, 0.1) is 11.4 Å². The van der Waals surface area contributed by atoms with Crippen molar-refractivity contribution in [2.75, 3.05) is 19.6 Å². The van der Waals surface area contributed by atoms with Gasteiger partial charge in [0.1, 0.15) is 16.1 Å². The molecule has 0 bridgehead atoms. The lowest BCUT2D eigenvalue weighted by atomic mass is 9.90. The smallest absolute Gasteiger partial charge is 0.113 e. The van der Waals surface area contributed by atoms with E-state index in [-0.39, 0.29) is 0 Å². The highest BCUT2D eigenvalue weighted by molar-refractivity contribution is 7.04. The van der Waals surface area contributed by atoms with E-state index in [2.05, 4.69) is 555 Å². The van der Waals surface area contributed by atoms with Gasteiger partial charge < -0.3 is 19.6 Å². The highest BCUT2D eigenvalue weighted by Crippen LogP contribution is 2.48. The largest absolute Gasteiger partial charge is 0.311 e. The van der Waals surface area contributed by atoms with Crippen LogP contribution in [0.5, 0.6) is 0 Å². The maximum atomic E-state index is 2.53. The summed E-state index contributed by atoms with van der Waals surface area (Å²) in [5.74, 6) is 0. The summed E-state index contributed by atoms with van der Waals surface area (Å²) in [6, 6.07) is 187. The fraction of sp³-hybridized carbons (Fsp3) is 0.0312. The van der Waals surface area contributed by atoms with Crippen LogP contribution in [-0.2, 0) is 0 Å². The molecule has 6 heteroatoms. The quantitative estimate of drug-likeness (QED) is 0.0794. The Hall–Kier alpha value is -16.5. The van der Waals surface area contributed by atoms with Crippen LogP contribution in [0.25, 0.3) is 132 Å². The summed E-state index contributed by atoms with van der Waals surface area (Å²) in [6.45, 7) is 10.1. The Labute approximate surface area is 786 Å². The predicted molar refractivity (Wildman–Crippen MR) is 579 cm³/mol. The minimum absolute atomic E-state index is 1.12. The molecule has 2 heterocycles. The molecule has 0 saturated heterocycles. The molecule has 134 heavy (non-hydrogen) atoms. The standard InChI is InChI=1S/C66H50N2Si.C62H46N2Si/c1-69(2)64-25-15-24-62-60(52-32-41-59(42-33-52)68(55-22-13-6-14-23-55)57-37-28-50(29-38-57)48-18-9-4-10-19-48)44-45-63(66(62)64)61-43-34-53(46-65(61)69)51-30-39-58(40-31-51)67(54-20-11-5-12-21-54)56-35-26-49(27-36-56)47-16-7-3-8-17-47;1-65(2)60-29-15-26-56-52(46-32-37-51(38-33-46)64(49-22-7-4-8-23-49)59-28-14-19-45-17-10-12-25-54(45)59)40-41-57(62(56)60)55-39-34-47(42-61(55)65)43-30-35-50(36-31-43)63(48-20-5-3-6-21-48)58-27-13-18-44-16-9-11-24-53(44)58/h3-46H,1-2H3;3-42H,1-2H3. The van der Waals surface area contributed by atoms with Crippen molar-refractivity contribution in [1.82, 2.24) is 0 Å². The topological polar surface area (TPSA) is 13.0 Å². The van der Waals surface area contributed by atoms with Crippen LogP contribution < -0.4 is 40.3 Å². The van der Waals surface area contributed by atoms with Crippen molar-refractivity contribution < 1.29 is 0 Å². The van der Waals surface area contributed by atoms with E-state index in [1.54, 1.807) is 0 Å². The van der Waals surface area contributed by atoms with E-state index in [0.29, 0.717) is 0 Å². The summed E-state index contributed by atoms with van der Waals surface area (Å²) in [5, 5.41) is 16.4. The van der Waals surface area contributed by atoms with Crippen LogP contribution in [0.4, 0.5) is 68.2 Å². The Morgan fingerprint density at radius 2 is 0.366 bits per heavy atom. The van der Waals surface area contributed by atoms with Gasteiger partial charge in [-0.05, 0) is 276 Å². The van der Waals surface area contributed by atoms with Crippen molar-refractivity contribution >= 4 is 148 Å². The van der Waals surface area contributed by atoms with Gasteiger partial charge in [-0.3, -0.25) is 0 Å². The SMILES string of the molecule is C[Si]1(C)c2cc(-c3ccc(N(c4ccccc4)c4ccc(-c5ccccc5)cc4)cc3)ccc2-c2ccc(-c3ccc(N(c4ccccc4)c4ccc(-c5ccccc5)cc4)cc3)c3cccc1c23.C[Si]1(C)c2cc(-c3ccc(N(c4ccccc4)c4cccc5ccccc45)cc3)ccc2-c2ccc(-c3ccc(N(c4ccccc4)c4cccc5ccccc45)cc3)c3cccc1c23. The number of hydrogen-bond donors (Lipinski definition) is 0. The van der Waals surface area contributed by atoms with Crippen molar-refractivity contribution in [3.63, 3.8) is 0 Å². The van der Waals surface area contributed by atoms with Gasteiger partial charge in [0.2, 0.25) is 0 Å². The van der Waals surface area contributed by atoms with Crippen molar-refractivity contribution in [2.45, 2.75) is 26.2 Å². The Kier molecular flexibility index (Phi) is 21.3. The van der Waals surface area contributed by atoms with E-state index in [4.69, 9.17) is 0 Å². The van der Waals surface area contributed by atoms with E-state index in [9.17, 15) is 0 Å². The Morgan fingerprint density at radius 1 is 0.142 bits per heavy atom. The van der Waals surface area contributed by atoms with Crippen LogP contribution in [0.1, 0.15) is 0 Å². The van der Waals surface area contributed by atoms with Gasteiger partial charge in [-0.25, -0.2) is 0 Å². The summed E-state index contributed by atoms with van der Waals surface area (Å²) in [5.41, 5.74) is 33.8. The second-order valence-corrected chi connectivity index (χ2v) is 44.9. The molecule has 0 fully saturated rings. The zero-order valence-electron chi connectivity index (χ0n) is 75.3. The minimum Gasteiger partial charge on any atom is -0.311 e. The molecule has 0 radical (unpaired) electrons. The van der Waals surface area contributed by atoms with E-state index in [1.165, 1.54) is 164 Å². The molecule has 0 unspecified atom stereocenters. The Morgan fingerprint density at radius 3 is 0.701 bits per heavy atom. The van der Waals surface area contributed by atoms with E-state index in [0.717, 1.165) is 56.9 Å². The van der Waals surface area contributed by atoms with Gasteiger partial charge in [0.15, 0.2) is 0 Å². The molecule has 0 saturated carbocycles. The second-order valence-electron chi connectivity index (χ2n) is 36.2. The highest BCUT2D eigenvalue weighted by atomic mass is 28.3. The van der Waals surface area contributed by atoms with Gasteiger partial charge in [0.25, 0.3) is 0 Å². The maximum Gasteiger partial charge on any atom is 0.113 e. The van der Waals surface area contributed by atoms with Crippen LogP contribution >= 0.6 is 0 Å². The molecule has 0 aromatic heterocycles. The Balaban J connectivity index is 0.000000152. The van der Waals surface area contributed by atoms with Gasteiger partial charge in [0, 0.05) is 67.6 Å². The normalized spacial score (nSPS) is 12.4. The molecule has 24 rings (SSSR count). The molecule has 2 aliphatic heterocycles. The maximum absolute atomic E-state index is 2.53. The van der Waals surface area contributed by atoms with Gasteiger partial charge in [-0.1, -0.05) is 402 Å². The molecule has 0 N–H and O–H groups in total. The zero-order chi connectivity index (χ0) is 89.8. The third-order valence-electron chi connectivity index (χ3n) is 27.7. The summed E-state index contributed by atoms with van der Waals surface area (Å²) in [6.07, 6.45) is 0. The first-order valence-corrected chi connectivity index (χ1v) is 52.5. The second kappa shape index (κ2) is 34.8. The number of benzene rings is 22. The van der Waals surface area contributed by atoms with Crippen LogP contribution in [-0.4, -0.2) is 16.1 Å². The summed E-state index contributed by atoms with van der Waals surface area (Å²) < 4.78 is 0. The first kappa shape index (κ1) is 82.0. The molecule has 0 spiro atoms. The molecule has 0 atom stereocenters. The molecule has 22 aromatic carbocycles. The van der Waals surface area contributed by atoms with E-state index in [1.807, 2.05) is 0 Å². The first-order valence-electron chi connectivity index (χ1n) is 46.5. The third-order valence-corrected chi connectivity index (χ3v) is 34.8. The zero-order valence-corrected chi connectivity index (χ0v) is 77.3. The summed E-state index contributed by atoms with van der Waals surface area (Å²) in [4.78, 5) is 9.44. The van der Waals surface area contributed by atoms with Crippen LogP contribution in [0.3, 0.4) is 0 Å². The molecule has 0 aliphatic carbocycles. The highest BCUT2D eigenvalue weighted by Gasteiger charge is 2.38. The van der Waals surface area contributed by atoms with Crippen molar-refractivity contribution in [3.05, 3.63) is 510 Å². The van der Waals surface area contributed by atoms with Crippen molar-refractivity contribution in [3.8, 4) is 89.0 Å². The average molecular weight is 1750 g/mol. The monoisotopic (exact) mass is 1740 g/mol. The van der Waals surface area contributed by atoms with Crippen molar-refractivity contribution in [1.29, 1.82) is 0 Å². The lowest BCUT2D eigenvalue weighted by Crippen LogP contribution is -2.55. The number of fused-ring (bicyclic) bond motifs is 6. The number of anilines is 12. The third kappa shape index (κ3) is 15.0. The number of rotatable bonds is 18. The fourth-order valence-corrected chi connectivity index (χ4v) is 27.2. The number of para-hydroxylation sites is 4. The van der Waals surface area contributed by atoms with Crippen LogP contribution in [0, 0.1) is 0 Å². The fourth-order valence-electron chi connectivity index (χ4n) is 21.0. The lowest BCUT2D eigenvalue weighted by molar-refractivity contribution is 1.28. The lowest BCUT2D eigenvalue weighted by Gasteiger charge is -2.34. The molecule has 4 nitrogen and oxygen atoms in total. The molecular weight excluding hydrogens is 1650 g/mol. The van der Waals surface area contributed by atoms with E-state index < -0.39 is 16.1 Å².